The topological polar surface area (TPSA) is 68.8 Å². The third-order valence-electron chi connectivity index (χ3n) is 5.83. The lowest BCUT2D eigenvalue weighted by atomic mass is 10.1. The van der Waals surface area contributed by atoms with Gasteiger partial charge in [0.2, 0.25) is 5.56 Å². The van der Waals surface area contributed by atoms with Gasteiger partial charge in [0.25, 0.3) is 0 Å². The number of hydrogen-bond acceptors (Lipinski definition) is 5. The van der Waals surface area contributed by atoms with Crippen LogP contribution in [0.2, 0.25) is 0 Å². The van der Waals surface area contributed by atoms with Crippen molar-refractivity contribution in [3.05, 3.63) is 70.0 Å². The molecule has 0 radical (unpaired) electrons. The maximum atomic E-state index is 11.4. The van der Waals surface area contributed by atoms with Crippen molar-refractivity contribution in [2.45, 2.75) is 20.0 Å². The molecular weight excluding hydrogens is 378 g/mol. The van der Waals surface area contributed by atoms with Gasteiger partial charge in [0.15, 0.2) is 0 Å². The number of ether oxygens (including phenoxy) is 1. The first-order valence-electron chi connectivity index (χ1n) is 10.5. The minimum Gasteiger partial charge on any atom is -0.491 e. The smallest absolute Gasteiger partial charge is 0.248 e. The van der Waals surface area contributed by atoms with Gasteiger partial charge in [-0.25, -0.2) is 0 Å². The Morgan fingerprint density at radius 3 is 2.57 bits per heavy atom. The van der Waals surface area contributed by atoms with Crippen LogP contribution in [0.25, 0.3) is 10.9 Å². The maximum absolute atomic E-state index is 11.4. The fourth-order valence-corrected chi connectivity index (χ4v) is 3.88. The van der Waals surface area contributed by atoms with E-state index >= 15 is 0 Å². The lowest BCUT2D eigenvalue weighted by Crippen LogP contribution is -2.49. The number of piperazine rings is 1. The van der Waals surface area contributed by atoms with Gasteiger partial charge in [-0.1, -0.05) is 6.07 Å². The Balaban J connectivity index is 1.26. The molecule has 1 saturated heterocycles. The highest BCUT2D eigenvalue weighted by Gasteiger charge is 2.20. The lowest BCUT2D eigenvalue weighted by Gasteiger charge is -2.37. The number of aromatic amines is 1. The van der Waals surface area contributed by atoms with Gasteiger partial charge in [-0.05, 0) is 61.4 Å². The summed E-state index contributed by atoms with van der Waals surface area (Å²) in [7, 11) is 0. The molecule has 0 aliphatic carbocycles. The van der Waals surface area contributed by atoms with Crippen LogP contribution in [0.15, 0.2) is 53.3 Å². The Bertz CT molecular complexity index is 1070. The zero-order valence-electron chi connectivity index (χ0n) is 17.6. The third kappa shape index (κ3) is 4.83. The highest BCUT2D eigenvalue weighted by molar-refractivity contribution is 5.79. The summed E-state index contributed by atoms with van der Waals surface area (Å²) in [6.07, 6.45) is -0.551. The second-order valence-corrected chi connectivity index (χ2v) is 8.09. The first kappa shape index (κ1) is 20.4. The van der Waals surface area contributed by atoms with E-state index in [4.69, 9.17) is 4.74 Å². The molecule has 3 aromatic rings. The normalized spacial score (nSPS) is 16.0. The molecule has 0 bridgehead atoms. The van der Waals surface area contributed by atoms with Crippen molar-refractivity contribution in [3.63, 3.8) is 0 Å². The predicted molar refractivity (Wildman–Crippen MR) is 121 cm³/mol. The van der Waals surface area contributed by atoms with E-state index in [1.54, 1.807) is 6.07 Å². The molecule has 2 N–H and O–H groups in total. The first-order valence-corrected chi connectivity index (χ1v) is 10.5. The van der Waals surface area contributed by atoms with E-state index in [-0.39, 0.29) is 12.2 Å². The molecular formula is C24H29N3O3. The summed E-state index contributed by atoms with van der Waals surface area (Å²) < 4.78 is 5.78. The van der Waals surface area contributed by atoms with Crippen LogP contribution in [0.5, 0.6) is 5.75 Å². The summed E-state index contributed by atoms with van der Waals surface area (Å²) in [4.78, 5) is 18.9. The van der Waals surface area contributed by atoms with E-state index in [1.165, 1.54) is 22.9 Å². The fraction of sp³-hybridized carbons (Fsp3) is 0.375. The third-order valence-corrected chi connectivity index (χ3v) is 5.83. The number of hydrogen-bond donors (Lipinski definition) is 2. The number of benzene rings is 2. The lowest BCUT2D eigenvalue weighted by molar-refractivity contribution is 0.0663. The van der Waals surface area contributed by atoms with E-state index in [1.807, 2.05) is 18.2 Å². The van der Waals surface area contributed by atoms with Crippen LogP contribution in [-0.2, 0) is 0 Å². The van der Waals surface area contributed by atoms with Crippen molar-refractivity contribution in [2.24, 2.45) is 0 Å². The van der Waals surface area contributed by atoms with Crippen LogP contribution in [-0.4, -0.2) is 60.4 Å². The molecule has 2 aromatic carbocycles. The molecule has 4 rings (SSSR count). The number of H-pyrrole nitrogens is 1. The predicted octanol–water partition coefficient (Wildman–Crippen LogP) is 2.71. The highest BCUT2D eigenvalue weighted by Crippen LogP contribution is 2.21. The van der Waals surface area contributed by atoms with Crippen molar-refractivity contribution >= 4 is 16.6 Å². The van der Waals surface area contributed by atoms with Gasteiger partial charge in [0, 0.05) is 55.4 Å². The SMILES string of the molecule is Cc1ccc(N2CCN(C[C@H](O)COc3ccc4[nH]c(=O)ccc4c3)CC2)cc1C. The molecule has 0 saturated carbocycles. The molecule has 0 unspecified atom stereocenters. The van der Waals surface area contributed by atoms with Gasteiger partial charge in [-0.3, -0.25) is 9.69 Å². The van der Waals surface area contributed by atoms with Crippen LogP contribution in [0.1, 0.15) is 11.1 Å². The number of fused-ring (bicyclic) bond motifs is 1. The van der Waals surface area contributed by atoms with Crippen LogP contribution in [0.3, 0.4) is 0 Å². The second-order valence-electron chi connectivity index (χ2n) is 8.09. The molecule has 2 heterocycles. The van der Waals surface area contributed by atoms with Crippen molar-refractivity contribution in [1.29, 1.82) is 0 Å². The molecule has 1 fully saturated rings. The summed E-state index contributed by atoms with van der Waals surface area (Å²) in [5.41, 5.74) is 4.57. The van der Waals surface area contributed by atoms with Crippen molar-refractivity contribution in [2.75, 3.05) is 44.2 Å². The zero-order chi connectivity index (χ0) is 21.1. The number of pyridine rings is 1. The Labute approximate surface area is 176 Å². The summed E-state index contributed by atoms with van der Waals surface area (Å²) in [6.45, 7) is 8.89. The van der Waals surface area contributed by atoms with Crippen LogP contribution >= 0.6 is 0 Å². The molecule has 1 atom stereocenters. The van der Waals surface area contributed by atoms with E-state index in [0.717, 1.165) is 37.1 Å². The van der Waals surface area contributed by atoms with E-state index in [0.29, 0.717) is 12.3 Å². The number of rotatable bonds is 6. The molecule has 1 aromatic heterocycles. The average molecular weight is 408 g/mol. The number of aliphatic hydroxyl groups is 1. The molecule has 6 heteroatoms. The summed E-state index contributed by atoms with van der Waals surface area (Å²) in [5.74, 6) is 0.688. The summed E-state index contributed by atoms with van der Waals surface area (Å²) >= 11 is 0. The zero-order valence-corrected chi connectivity index (χ0v) is 17.6. The average Bonchev–Trinajstić information content (AvgIpc) is 2.75. The minimum absolute atomic E-state index is 0.121. The van der Waals surface area contributed by atoms with Gasteiger partial charge in [-0.2, -0.15) is 0 Å². The first-order chi connectivity index (χ1) is 14.5. The number of β-amino-alcohol motifs (C(OH)–C–C–N with tert-alkyl or cyclic N) is 1. The number of aromatic nitrogens is 1. The van der Waals surface area contributed by atoms with Crippen molar-refractivity contribution < 1.29 is 9.84 Å². The Morgan fingerprint density at radius 2 is 1.80 bits per heavy atom. The van der Waals surface area contributed by atoms with Gasteiger partial charge in [0.1, 0.15) is 18.5 Å². The van der Waals surface area contributed by atoms with Crippen molar-refractivity contribution in [3.8, 4) is 5.75 Å². The van der Waals surface area contributed by atoms with E-state index in [9.17, 15) is 9.90 Å². The van der Waals surface area contributed by atoms with Crippen molar-refractivity contribution in [1.82, 2.24) is 9.88 Å². The Kier molecular flexibility index (Phi) is 6.06. The summed E-state index contributed by atoms with van der Waals surface area (Å²) in [6, 6.07) is 15.4. The largest absolute Gasteiger partial charge is 0.491 e. The monoisotopic (exact) mass is 407 g/mol. The quantitative estimate of drug-likeness (QED) is 0.658. The van der Waals surface area contributed by atoms with E-state index < -0.39 is 6.10 Å². The van der Waals surface area contributed by atoms with Crippen LogP contribution in [0, 0.1) is 13.8 Å². The minimum atomic E-state index is -0.551. The number of nitrogens with one attached hydrogen (secondary N) is 1. The Hall–Kier alpha value is -2.83. The maximum Gasteiger partial charge on any atom is 0.248 e. The standard InChI is InChI=1S/C24H29N3O3/c1-17-3-5-20(13-18(17)2)27-11-9-26(10-12-27)15-21(28)16-30-22-6-7-23-19(14-22)4-8-24(29)25-23/h3-8,13-14,21,28H,9-12,15-16H2,1-2H3,(H,25,29)/t21-/m0/s1. The van der Waals surface area contributed by atoms with Gasteiger partial charge in [-0.15, -0.1) is 0 Å². The molecule has 6 nitrogen and oxygen atoms in total. The van der Waals surface area contributed by atoms with Gasteiger partial charge in [0.05, 0.1) is 0 Å². The fourth-order valence-electron chi connectivity index (χ4n) is 3.88. The Morgan fingerprint density at radius 1 is 1.00 bits per heavy atom. The molecule has 0 amide bonds. The highest BCUT2D eigenvalue weighted by atomic mass is 16.5. The van der Waals surface area contributed by atoms with Gasteiger partial charge >= 0.3 is 0 Å². The van der Waals surface area contributed by atoms with Crippen LogP contribution in [0.4, 0.5) is 5.69 Å². The molecule has 1 aliphatic rings. The van der Waals surface area contributed by atoms with E-state index in [2.05, 4.69) is 46.8 Å². The number of anilines is 1. The number of nitrogens with zero attached hydrogens (tertiary/aromatic N) is 2. The second kappa shape index (κ2) is 8.90. The molecule has 0 spiro atoms. The summed E-state index contributed by atoms with van der Waals surface area (Å²) in [5, 5.41) is 11.3. The molecule has 30 heavy (non-hydrogen) atoms. The molecule has 158 valence electrons. The molecule has 1 aliphatic heterocycles. The van der Waals surface area contributed by atoms with Crippen LogP contribution < -0.4 is 15.2 Å². The number of aliphatic hydroxyl groups excluding tert-OH is 1. The van der Waals surface area contributed by atoms with Gasteiger partial charge < -0.3 is 19.7 Å². The number of aryl methyl sites for hydroxylation is 2.